The lowest BCUT2D eigenvalue weighted by Crippen LogP contribution is -2.68. The summed E-state index contributed by atoms with van der Waals surface area (Å²) in [7, 11) is 0. The maximum Gasteiger partial charge on any atom is 0.187 e. The molecule has 9 fully saturated rings. The van der Waals surface area contributed by atoms with Gasteiger partial charge in [0.25, 0.3) is 0 Å². The lowest BCUT2D eigenvalue weighted by molar-refractivity contribution is -0.403. The number of aliphatic hydroxyl groups excluding tert-OH is 12. The molecule has 0 aromatic heterocycles. The molecule has 6 saturated heterocycles. The van der Waals surface area contributed by atoms with Crippen molar-refractivity contribution in [1.82, 2.24) is 0 Å². The van der Waals surface area contributed by atoms with Gasteiger partial charge in [-0.2, -0.15) is 0 Å². The van der Waals surface area contributed by atoms with Crippen molar-refractivity contribution in [2.75, 3.05) is 33.0 Å². The smallest absolute Gasteiger partial charge is 0.187 e. The second-order valence-electron chi connectivity index (χ2n) is 23.5. The Morgan fingerprint density at radius 1 is 0.597 bits per heavy atom. The van der Waals surface area contributed by atoms with Gasteiger partial charge in [0.2, 0.25) is 0 Å². The van der Waals surface area contributed by atoms with Crippen molar-refractivity contribution in [2.24, 2.45) is 46.3 Å². The lowest BCUT2D eigenvalue weighted by Gasteiger charge is -2.58. The summed E-state index contributed by atoms with van der Waals surface area (Å²) in [6.07, 6.45) is -22.3. The standard InChI is InChI=1S/C50H80O22/c1-20-7-12-50(64-18-20)21(2)32-28(72-50)14-26-24-6-5-22-13-23(8-10-48(22,3)25(24)9-11-49(26,32)4)65-45-40(62)37(59)41(31(17-53)68-45)69-47-43(71-46-39(61)36(58)34(56)29(15-51)66-46)42(35(57)30(16-52)67-47)70-44-38(60)33(55)27(54)19-63-44/h5,20-21,23-47,51-62H,6-19H2,1-4H3/t20-,21+,23+,24-,25-,26+,27-,28+,29-,30-,31-,32+,33+,34-,35-,36+,37-,38-,39-,40-,41+,42+,43-,44+,45-,46+,47+,48+,49+,50-/m1/s1. The Hall–Kier alpha value is -1.14. The Bertz CT molecular complexity index is 1890. The quantitative estimate of drug-likeness (QED) is 0.0964. The summed E-state index contributed by atoms with van der Waals surface area (Å²) in [5.74, 6) is 2.46. The highest BCUT2D eigenvalue weighted by Crippen LogP contribution is 2.70. The van der Waals surface area contributed by atoms with Gasteiger partial charge in [-0.25, -0.2) is 0 Å². The van der Waals surface area contributed by atoms with Crippen molar-refractivity contribution >= 4 is 0 Å². The first-order chi connectivity index (χ1) is 34.3. The minimum atomic E-state index is -2.00. The fourth-order valence-corrected chi connectivity index (χ4v) is 15.3. The Kier molecular flexibility index (Phi) is 15.7. The number of rotatable bonds is 11. The highest BCUT2D eigenvalue weighted by Gasteiger charge is 2.69. The Labute approximate surface area is 419 Å². The van der Waals surface area contributed by atoms with Gasteiger partial charge in [0.1, 0.15) is 91.6 Å². The molecule has 0 radical (unpaired) electrons. The molecule has 6 aliphatic heterocycles. The van der Waals surface area contributed by atoms with Crippen LogP contribution in [0.25, 0.3) is 0 Å². The molecule has 72 heavy (non-hydrogen) atoms. The van der Waals surface area contributed by atoms with Gasteiger partial charge in [-0.05, 0) is 91.8 Å². The third kappa shape index (κ3) is 9.18. The summed E-state index contributed by atoms with van der Waals surface area (Å²) >= 11 is 0. The molecular formula is C50H80O22. The van der Waals surface area contributed by atoms with Gasteiger partial charge in [0.05, 0.1) is 45.2 Å². The summed E-state index contributed by atoms with van der Waals surface area (Å²) in [6, 6.07) is 0. The number of ether oxygens (including phenoxy) is 10. The van der Waals surface area contributed by atoms with E-state index in [0.717, 1.165) is 51.6 Å². The summed E-state index contributed by atoms with van der Waals surface area (Å²) in [6.45, 7) is 7.28. The maximum absolute atomic E-state index is 11.8. The normalized spacial score (nSPS) is 56.7. The van der Waals surface area contributed by atoms with Crippen LogP contribution in [0.5, 0.6) is 0 Å². The molecule has 10 aliphatic rings. The van der Waals surface area contributed by atoms with E-state index in [1.165, 1.54) is 5.57 Å². The van der Waals surface area contributed by atoms with Gasteiger partial charge in [0, 0.05) is 12.3 Å². The van der Waals surface area contributed by atoms with Crippen molar-refractivity contribution < 1.29 is 109 Å². The van der Waals surface area contributed by atoms with Crippen LogP contribution in [-0.4, -0.2) is 229 Å². The lowest BCUT2D eigenvalue weighted by atomic mass is 9.47. The minimum absolute atomic E-state index is 0.0473. The van der Waals surface area contributed by atoms with Crippen molar-refractivity contribution in [3.05, 3.63) is 11.6 Å². The van der Waals surface area contributed by atoms with Crippen LogP contribution in [0.3, 0.4) is 0 Å². The SMILES string of the molecule is C[C@@H]1CC[C@@]2(OC1)O[C@H]1C[C@H]3[C@@H]4CC=C5C[C@@H](O[C@@H]6O[C@H](CO)[C@H](O[C@@H]7O[C@H](CO)[C@@H](O)[C@H](O[C@@H]8OC[C@@H](O)[C@H](O)[C@H]8O)[C@H]7O[C@@H]7O[C@H](CO)[C@@H](O)[C@H](O)[C@H]7O)[C@H](O)[C@H]6O)CC[C@]5(C)[C@@H]4CC[C@]3(C)[C@H]1[C@@H]2C. The predicted octanol–water partition coefficient (Wildman–Crippen LogP) is -2.35. The van der Waals surface area contributed by atoms with Crippen LogP contribution in [-0.2, 0) is 47.4 Å². The van der Waals surface area contributed by atoms with Gasteiger partial charge in [-0.15, -0.1) is 0 Å². The number of aliphatic hydroxyl groups is 12. The first-order valence-corrected chi connectivity index (χ1v) is 26.4. The van der Waals surface area contributed by atoms with Crippen LogP contribution < -0.4 is 0 Å². The zero-order valence-corrected chi connectivity index (χ0v) is 41.5. The fourth-order valence-electron chi connectivity index (χ4n) is 15.3. The van der Waals surface area contributed by atoms with Crippen LogP contribution >= 0.6 is 0 Å². The third-order valence-electron chi connectivity index (χ3n) is 19.4. The number of hydrogen-bond donors (Lipinski definition) is 12. The second kappa shape index (κ2) is 20.9. The zero-order chi connectivity index (χ0) is 51.3. The highest BCUT2D eigenvalue weighted by atomic mass is 16.8. The molecule has 12 N–H and O–H groups in total. The summed E-state index contributed by atoms with van der Waals surface area (Å²) < 4.78 is 61.3. The van der Waals surface area contributed by atoms with Crippen LogP contribution in [0.1, 0.15) is 85.5 Å². The van der Waals surface area contributed by atoms with Crippen molar-refractivity contribution in [1.29, 1.82) is 0 Å². The molecule has 0 bridgehead atoms. The van der Waals surface area contributed by atoms with Crippen LogP contribution in [0, 0.1) is 46.3 Å². The van der Waals surface area contributed by atoms with E-state index in [9.17, 15) is 61.3 Å². The summed E-state index contributed by atoms with van der Waals surface area (Å²) in [4.78, 5) is 0. The van der Waals surface area contributed by atoms with Gasteiger partial charge < -0.3 is 109 Å². The molecule has 3 saturated carbocycles. The van der Waals surface area contributed by atoms with Crippen LogP contribution in [0.4, 0.5) is 0 Å². The van der Waals surface area contributed by atoms with E-state index < -0.39 is 155 Å². The maximum atomic E-state index is 11.8. The molecule has 0 unspecified atom stereocenters. The zero-order valence-electron chi connectivity index (χ0n) is 41.5. The van der Waals surface area contributed by atoms with Gasteiger partial charge >= 0.3 is 0 Å². The minimum Gasteiger partial charge on any atom is -0.394 e. The summed E-state index contributed by atoms with van der Waals surface area (Å²) in [5.41, 5.74) is 1.44. The number of allylic oxidation sites excluding steroid dienone is 1. The molecular weight excluding hydrogens is 953 g/mol. The number of hydrogen-bond acceptors (Lipinski definition) is 22. The largest absolute Gasteiger partial charge is 0.394 e. The summed E-state index contributed by atoms with van der Waals surface area (Å²) in [5, 5.41) is 129. The van der Waals surface area contributed by atoms with Crippen molar-refractivity contribution in [3.8, 4) is 0 Å². The van der Waals surface area contributed by atoms with E-state index in [1.54, 1.807) is 0 Å². The van der Waals surface area contributed by atoms with E-state index in [0.29, 0.717) is 48.3 Å². The predicted molar refractivity (Wildman–Crippen MR) is 242 cm³/mol. The molecule has 0 aromatic rings. The molecule has 22 nitrogen and oxygen atoms in total. The first kappa shape index (κ1) is 54.2. The molecule has 4 aliphatic carbocycles. The molecule has 22 heteroatoms. The molecule has 6 heterocycles. The fraction of sp³-hybridized carbons (Fsp3) is 0.960. The molecule has 0 aromatic carbocycles. The number of fused-ring (bicyclic) bond motifs is 7. The first-order valence-electron chi connectivity index (χ1n) is 26.4. The van der Waals surface area contributed by atoms with E-state index >= 15 is 0 Å². The van der Waals surface area contributed by atoms with Gasteiger partial charge in [-0.3, -0.25) is 0 Å². The van der Waals surface area contributed by atoms with E-state index in [4.69, 9.17) is 47.4 Å². The van der Waals surface area contributed by atoms with Crippen LogP contribution in [0.15, 0.2) is 11.6 Å². The van der Waals surface area contributed by atoms with Crippen LogP contribution in [0.2, 0.25) is 0 Å². The Morgan fingerprint density at radius 2 is 1.24 bits per heavy atom. The van der Waals surface area contributed by atoms with E-state index in [1.807, 2.05) is 0 Å². The molecule has 30 atom stereocenters. The second-order valence-corrected chi connectivity index (χ2v) is 23.5. The van der Waals surface area contributed by atoms with Crippen molar-refractivity contribution in [2.45, 2.75) is 220 Å². The topological polar surface area (TPSA) is 335 Å². The molecule has 1 spiro atoms. The van der Waals surface area contributed by atoms with Gasteiger partial charge in [0.15, 0.2) is 30.9 Å². The molecule has 0 amide bonds. The Morgan fingerprint density at radius 3 is 1.94 bits per heavy atom. The monoisotopic (exact) mass is 1030 g/mol. The van der Waals surface area contributed by atoms with Gasteiger partial charge in [-0.1, -0.05) is 39.3 Å². The Balaban J connectivity index is 0.826. The molecule has 10 rings (SSSR count). The van der Waals surface area contributed by atoms with Crippen molar-refractivity contribution in [3.63, 3.8) is 0 Å². The average Bonchev–Trinajstić information content (AvgIpc) is 3.82. The van der Waals surface area contributed by atoms with E-state index in [-0.39, 0.29) is 16.9 Å². The van der Waals surface area contributed by atoms with E-state index in [2.05, 4.69) is 33.8 Å². The third-order valence-corrected chi connectivity index (χ3v) is 19.4. The molecule has 412 valence electrons. The highest BCUT2D eigenvalue weighted by molar-refractivity contribution is 5.26. The average molecular weight is 1030 g/mol.